The molecule has 0 saturated carbocycles. The minimum Gasteiger partial charge on any atom is -0.377 e. The molecule has 2 heteroatoms. The maximum absolute atomic E-state index is 12.3. The van der Waals surface area contributed by atoms with Gasteiger partial charge in [-0.15, -0.1) is 0 Å². The van der Waals surface area contributed by atoms with E-state index in [-0.39, 0.29) is 5.78 Å². The first-order valence-corrected chi connectivity index (χ1v) is 5.62. The molecule has 3 rings (SSSR count). The molecule has 1 N–H and O–H groups in total. The van der Waals surface area contributed by atoms with E-state index >= 15 is 0 Å². The molecule has 1 atom stereocenters. The molecule has 0 aliphatic heterocycles. The first-order valence-electron chi connectivity index (χ1n) is 5.62. The Morgan fingerprint density at radius 2 is 1.59 bits per heavy atom. The summed E-state index contributed by atoms with van der Waals surface area (Å²) in [5, 5.41) is 10.6. The van der Waals surface area contributed by atoms with Crippen molar-refractivity contribution in [2.45, 2.75) is 12.0 Å². The number of aliphatic hydroxyl groups is 1. The molecule has 84 valence electrons. The maximum atomic E-state index is 12.3. The Labute approximate surface area is 99.5 Å². The van der Waals surface area contributed by atoms with Crippen LogP contribution in [0.25, 0.3) is 0 Å². The monoisotopic (exact) mass is 224 g/mol. The van der Waals surface area contributed by atoms with E-state index in [0.717, 1.165) is 5.56 Å². The summed E-state index contributed by atoms with van der Waals surface area (Å²) in [7, 11) is 0. The van der Waals surface area contributed by atoms with Gasteiger partial charge in [0.15, 0.2) is 11.4 Å². The van der Waals surface area contributed by atoms with Crippen LogP contribution in [0.5, 0.6) is 0 Å². The van der Waals surface area contributed by atoms with Crippen molar-refractivity contribution in [2.24, 2.45) is 0 Å². The smallest absolute Gasteiger partial charge is 0.199 e. The van der Waals surface area contributed by atoms with Crippen LogP contribution in [-0.2, 0) is 12.0 Å². The first-order chi connectivity index (χ1) is 8.22. The molecule has 0 radical (unpaired) electrons. The summed E-state index contributed by atoms with van der Waals surface area (Å²) in [5.74, 6) is -0.195. The van der Waals surface area contributed by atoms with Crippen LogP contribution in [0.3, 0.4) is 0 Å². The number of ketones is 1. The Kier molecular flexibility index (Phi) is 2.13. The van der Waals surface area contributed by atoms with Crippen LogP contribution in [0.4, 0.5) is 0 Å². The maximum Gasteiger partial charge on any atom is 0.199 e. The Hall–Kier alpha value is -1.93. The van der Waals surface area contributed by atoms with Gasteiger partial charge in [0.05, 0.1) is 0 Å². The van der Waals surface area contributed by atoms with Gasteiger partial charge >= 0.3 is 0 Å². The molecule has 2 aromatic rings. The Balaban J connectivity index is 2.12. The van der Waals surface area contributed by atoms with Gasteiger partial charge in [0, 0.05) is 12.0 Å². The lowest BCUT2D eigenvalue weighted by Gasteiger charge is -2.20. The van der Waals surface area contributed by atoms with Gasteiger partial charge in [0.2, 0.25) is 0 Å². The van der Waals surface area contributed by atoms with E-state index in [1.807, 2.05) is 36.4 Å². The normalized spacial score (nSPS) is 22.5. The van der Waals surface area contributed by atoms with Gasteiger partial charge in [-0.3, -0.25) is 4.79 Å². The van der Waals surface area contributed by atoms with Crippen molar-refractivity contribution in [1.82, 2.24) is 0 Å². The van der Waals surface area contributed by atoms with Crippen LogP contribution in [-0.4, -0.2) is 10.9 Å². The lowest BCUT2D eigenvalue weighted by Crippen LogP contribution is -2.32. The average molecular weight is 224 g/mol. The number of hydrogen-bond donors (Lipinski definition) is 1. The number of rotatable bonds is 1. The van der Waals surface area contributed by atoms with E-state index in [4.69, 9.17) is 0 Å². The van der Waals surface area contributed by atoms with Crippen molar-refractivity contribution in [3.63, 3.8) is 0 Å². The summed E-state index contributed by atoms with van der Waals surface area (Å²) >= 11 is 0. The molecule has 0 fully saturated rings. The van der Waals surface area contributed by atoms with Crippen LogP contribution in [0.15, 0.2) is 54.6 Å². The highest BCUT2D eigenvalue weighted by Crippen LogP contribution is 2.37. The van der Waals surface area contributed by atoms with Crippen molar-refractivity contribution in [3.8, 4) is 0 Å². The summed E-state index contributed by atoms with van der Waals surface area (Å²) in [5.41, 5.74) is 0.842. The van der Waals surface area contributed by atoms with E-state index in [1.54, 1.807) is 18.2 Å². The number of Topliss-reactive ketones (excluding diaryl/α,β-unsaturated/α-hetero) is 1. The van der Waals surface area contributed by atoms with Gasteiger partial charge in [-0.25, -0.2) is 0 Å². The standard InChI is InChI=1S/C15H12O2/c16-14-13-9-5-4-6-11(13)10-15(14,17)12-7-2-1-3-8-12/h1-9,17H,10H2/t15-/m1/s1. The predicted molar refractivity (Wildman–Crippen MR) is 64.8 cm³/mol. The molecule has 1 aliphatic carbocycles. The third-order valence-corrected chi connectivity index (χ3v) is 3.34. The fraction of sp³-hybridized carbons (Fsp3) is 0.133. The highest BCUT2D eigenvalue weighted by atomic mass is 16.3. The molecule has 2 nitrogen and oxygen atoms in total. The quantitative estimate of drug-likeness (QED) is 0.807. The van der Waals surface area contributed by atoms with E-state index in [2.05, 4.69) is 0 Å². The van der Waals surface area contributed by atoms with Crippen molar-refractivity contribution in [3.05, 3.63) is 71.3 Å². The molecular weight excluding hydrogens is 212 g/mol. The lowest BCUT2D eigenvalue weighted by atomic mass is 9.90. The minimum atomic E-state index is -1.38. The summed E-state index contributed by atoms with van der Waals surface area (Å²) in [6, 6.07) is 16.5. The third kappa shape index (κ3) is 1.41. The number of fused-ring (bicyclic) bond motifs is 1. The van der Waals surface area contributed by atoms with Crippen LogP contribution < -0.4 is 0 Å². The Morgan fingerprint density at radius 3 is 2.29 bits per heavy atom. The Bertz CT molecular complexity index is 574. The molecule has 0 amide bonds. The minimum absolute atomic E-state index is 0.195. The zero-order chi connectivity index (χ0) is 11.9. The highest BCUT2D eigenvalue weighted by Gasteiger charge is 2.44. The largest absolute Gasteiger partial charge is 0.377 e. The molecule has 17 heavy (non-hydrogen) atoms. The van der Waals surface area contributed by atoms with Crippen molar-refractivity contribution < 1.29 is 9.90 Å². The fourth-order valence-electron chi connectivity index (χ4n) is 2.42. The third-order valence-electron chi connectivity index (χ3n) is 3.34. The Morgan fingerprint density at radius 1 is 0.941 bits per heavy atom. The molecule has 0 bridgehead atoms. The second-order valence-corrected chi connectivity index (χ2v) is 4.39. The highest BCUT2D eigenvalue weighted by molar-refractivity contribution is 6.07. The summed E-state index contributed by atoms with van der Waals surface area (Å²) < 4.78 is 0. The molecule has 1 aliphatic rings. The van der Waals surface area contributed by atoms with Gasteiger partial charge in [-0.05, 0) is 11.1 Å². The van der Waals surface area contributed by atoms with Gasteiger partial charge in [0.1, 0.15) is 0 Å². The number of benzene rings is 2. The zero-order valence-electron chi connectivity index (χ0n) is 9.26. The van der Waals surface area contributed by atoms with E-state index in [9.17, 15) is 9.90 Å². The lowest BCUT2D eigenvalue weighted by molar-refractivity contribution is 0.0355. The number of hydrogen-bond acceptors (Lipinski definition) is 2. The predicted octanol–water partition coefficient (Wildman–Crippen LogP) is 2.31. The number of carbonyl (C=O) groups excluding carboxylic acids is 1. The molecule has 2 aromatic carbocycles. The summed E-state index contributed by atoms with van der Waals surface area (Å²) in [6.07, 6.45) is 0.367. The molecule has 0 unspecified atom stereocenters. The molecule has 0 aromatic heterocycles. The SMILES string of the molecule is O=C1c2ccccc2C[C@@]1(O)c1ccccc1. The summed E-state index contributed by atoms with van der Waals surface area (Å²) in [6.45, 7) is 0. The van der Waals surface area contributed by atoms with Gasteiger partial charge in [-0.1, -0.05) is 54.6 Å². The second-order valence-electron chi connectivity index (χ2n) is 4.39. The van der Waals surface area contributed by atoms with Crippen molar-refractivity contribution >= 4 is 5.78 Å². The van der Waals surface area contributed by atoms with Crippen molar-refractivity contribution in [1.29, 1.82) is 0 Å². The number of carbonyl (C=O) groups is 1. The topological polar surface area (TPSA) is 37.3 Å². The van der Waals surface area contributed by atoms with E-state index in [0.29, 0.717) is 17.5 Å². The van der Waals surface area contributed by atoms with Crippen LogP contribution in [0.2, 0.25) is 0 Å². The summed E-state index contributed by atoms with van der Waals surface area (Å²) in [4.78, 5) is 12.3. The van der Waals surface area contributed by atoms with E-state index < -0.39 is 5.60 Å². The second kappa shape index (κ2) is 3.54. The zero-order valence-corrected chi connectivity index (χ0v) is 9.26. The van der Waals surface area contributed by atoms with E-state index in [1.165, 1.54) is 0 Å². The van der Waals surface area contributed by atoms with Crippen LogP contribution in [0, 0.1) is 0 Å². The molecule has 0 spiro atoms. The van der Waals surface area contributed by atoms with Crippen LogP contribution in [0.1, 0.15) is 21.5 Å². The molecule has 0 saturated heterocycles. The van der Waals surface area contributed by atoms with Crippen LogP contribution >= 0.6 is 0 Å². The average Bonchev–Trinajstić information content (AvgIpc) is 2.65. The first kappa shape index (κ1) is 10.2. The molecule has 0 heterocycles. The fourth-order valence-corrected chi connectivity index (χ4v) is 2.42. The van der Waals surface area contributed by atoms with Gasteiger partial charge in [0.25, 0.3) is 0 Å². The van der Waals surface area contributed by atoms with Gasteiger partial charge < -0.3 is 5.11 Å². The van der Waals surface area contributed by atoms with Crippen molar-refractivity contribution in [2.75, 3.05) is 0 Å². The molecular formula is C15H12O2. The van der Waals surface area contributed by atoms with Gasteiger partial charge in [-0.2, -0.15) is 0 Å².